The molecule has 6 aromatic rings. The fraction of sp³-hybridized carbons (Fsp3) is 0.111. The topological polar surface area (TPSA) is 121 Å². The number of aliphatic hydroxyl groups excluding tert-OH is 1. The van der Waals surface area contributed by atoms with Crippen molar-refractivity contribution in [3.8, 4) is 33.4 Å². The van der Waals surface area contributed by atoms with Gasteiger partial charge >= 0.3 is 17.9 Å². The predicted molar refractivity (Wildman–Crippen MR) is 206 cm³/mol. The van der Waals surface area contributed by atoms with Crippen LogP contribution in [0.25, 0.3) is 33.4 Å². The summed E-state index contributed by atoms with van der Waals surface area (Å²) in [5, 5.41) is 15.2. The highest BCUT2D eigenvalue weighted by Crippen LogP contribution is 2.24. The molecule has 54 heavy (non-hydrogen) atoms. The zero-order valence-corrected chi connectivity index (χ0v) is 29.4. The SMILES string of the molecule is CON=CC(OC(=O)c1ccc(-c2ccccc2)cc1)C(OC(=O)c1ccc(-c2ccccc2)cc1)C(O)COC(=O)c1ccc(-c2ccccc2)cc1. The van der Waals surface area contributed by atoms with E-state index in [2.05, 4.69) is 5.16 Å². The normalized spacial score (nSPS) is 12.6. The number of carbonyl (C=O) groups excluding carboxylic acids is 3. The minimum Gasteiger partial charge on any atom is -0.459 e. The number of ether oxygens (including phenoxy) is 3. The second-order valence-corrected chi connectivity index (χ2v) is 12.2. The van der Waals surface area contributed by atoms with Gasteiger partial charge in [-0.25, -0.2) is 14.4 Å². The van der Waals surface area contributed by atoms with Gasteiger partial charge in [0.1, 0.15) is 19.8 Å². The third kappa shape index (κ3) is 9.52. The molecule has 0 aliphatic rings. The van der Waals surface area contributed by atoms with Crippen LogP contribution < -0.4 is 0 Å². The molecule has 0 aliphatic carbocycles. The molecule has 6 rings (SSSR count). The van der Waals surface area contributed by atoms with Crippen molar-refractivity contribution in [3.05, 3.63) is 180 Å². The largest absolute Gasteiger partial charge is 0.459 e. The molecule has 0 fully saturated rings. The van der Waals surface area contributed by atoms with Crippen molar-refractivity contribution >= 4 is 24.1 Å². The van der Waals surface area contributed by atoms with E-state index >= 15 is 0 Å². The Morgan fingerprint density at radius 3 is 1.26 bits per heavy atom. The Balaban J connectivity index is 1.21. The van der Waals surface area contributed by atoms with Crippen LogP contribution in [0.4, 0.5) is 0 Å². The molecule has 0 aliphatic heterocycles. The maximum absolute atomic E-state index is 13.6. The lowest BCUT2D eigenvalue weighted by atomic mass is 10.0. The average molecular weight is 720 g/mol. The number of hydrogen-bond donors (Lipinski definition) is 1. The van der Waals surface area contributed by atoms with Crippen molar-refractivity contribution in [1.82, 2.24) is 0 Å². The molecule has 0 saturated carbocycles. The Labute approximate surface area is 313 Å². The number of aliphatic hydroxyl groups is 1. The first-order chi connectivity index (χ1) is 26.4. The number of oxime groups is 1. The van der Waals surface area contributed by atoms with Crippen LogP contribution in [-0.4, -0.2) is 61.3 Å². The fourth-order valence-corrected chi connectivity index (χ4v) is 5.68. The Hall–Kier alpha value is -6.84. The maximum atomic E-state index is 13.6. The summed E-state index contributed by atoms with van der Waals surface area (Å²) in [6.07, 6.45) is -3.60. The minimum atomic E-state index is -1.66. The first-order valence-corrected chi connectivity index (χ1v) is 17.2. The van der Waals surface area contributed by atoms with Gasteiger partial charge in [-0.1, -0.05) is 133 Å². The second-order valence-electron chi connectivity index (χ2n) is 12.2. The van der Waals surface area contributed by atoms with Crippen molar-refractivity contribution in [2.75, 3.05) is 13.7 Å². The molecule has 270 valence electrons. The van der Waals surface area contributed by atoms with Gasteiger partial charge in [0.05, 0.1) is 22.9 Å². The van der Waals surface area contributed by atoms with E-state index in [0.717, 1.165) is 39.6 Å². The van der Waals surface area contributed by atoms with Gasteiger partial charge in [0.25, 0.3) is 0 Å². The molecule has 3 atom stereocenters. The van der Waals surface area contributed by atoms with Gasteiger partial charge in [0.15, 0.2) is 12.2 Å². The third-order valence-corrected chi connectivity index (χ3v) is 8.57. The Kier molecular flexibility index (Phi) is 12.4. The van der Waals surface area contributed by atoms with Crippen molar-refractivity contribution in [2.24, 2.45) is 5.16 Å². The highest BCUT2D eigenvalue weighted by Gasteiger charge is 2.36. The van der Waals surface area contributed by atoms with E-state index in [4.69, 9.17) is 19.0 Å². The molecular weight excluding hydrogens is 682 g/mol. The van der Waals surface area contributed by atoms with Gasteiger partial charge in [0.2, 0.25) is 0 Å². The van der Waals surface area contributed by atoms with Crippen LogP contribution in [0.2, 0.25) is 0 Å². The maximum Gasteiger partial charge on any atom is 0.338 e. The van der Waals surface area contributed by atoms with E-state index in [9.17, 15) is 19.5 Å². The van der Waals surface area contributed by atoms with Crippen LogP contribution in [0.1, 0.15) is 31.1 Å². The van der Waals surface area contributed by atoms with Crippen molar-refractivity contribution in [2.45, 2.75) is 18.3 Å². The number of rotatable bonds is 14. The summed E-state index contributed by atoms with van der Waals surface area (Å²) in [6.45, 7) is -0.606. The summed E-state index contributed by atoms with van der Waals surface area (Å²) >= 11 is 0. The van der Waals surface area contributed by atoms with Crippen LogP contribution >= 0.6 is 0 Å². The Morgan fingerprint density at radius 2 is 0.870 bits per heavy atom. The zero-order chi connectivity index (χ0) is 37.7. The van der Waals surface area contributed by atoms with E-state index in [1.165, 1.54) is 7.11 Å². The minimum absolute atomic E-state index is 0.174. The van der Waals surface area contributed by atoms with Crippen molar-refractivity contribution in [1.29, 1.82) is 0 Å². The number of nitrogens with zero attached hydrogens (tertiary/aromatic N) is 1. The standard InChI is InChI=1S/C45H37NO8/c1-51-46-29-41(53-44(49)38-25-19-35(20-26-38)32-13-7-3-8-14-32)42(54-45(50)39-27-21-36(22-28-39)33-15-9-4-10-16-33)40(47)30-52-43(48)37-23-17-34(18-24-37)31-11-5-2-6-12-31/h2-29,40-42,47H,30H2,1H3. The molecule has 0 saturated heterocycles. The van der Waals surface area contributed by atoms with E-state index in [1.54, 1.807) is 72.8 Å². The summed E-state index contributed by atoms with van der Waals surface area (Å²) < 4.78 is 17.1. The summed E-state index contributed by atoms with van der Waals surface area (Å²) in [5.74, 6) is -2.31. The average Bonchev–Trinajstić information content (AvgIpc) is 3.24. The van der Waals surface area contributed by atoms with Crippen LogP contribution in [0.15, 0.2) is 169 Å². The quantitative estimate of drug-likeness (QED) is 0.0517. The molecule has 6 aromatic carbocycles. The third-order valence-electron chi connectivity index (χ3n) is 8.57. The molecule has 1 N–H and O–H groups in total. The molecule has 3 unspecified atom stereocenters. The zero-order valence-electron chi connectivity index (χ0n) is 29.4. The van der Waals surface area contributed by atoms with Gasteiger partial charge in [-0.15, -0.1) is 0 Å². The number of carbonyl (C=O) groups is 3. The molecule has 0 amide bonds. The van der Waals surface area contributed by atoms with E-state index in [0.29, 0.717) is 0 Å². The molecular formula is C45H37NO8. The smallest absolute Gasteiger partial charge is 0.338 e. The van der Waals surface area contributed by atoms with Crippen LogP contribution in [0.5, 0.6) is 0 Å². The summed E-state index contributed by atoms with van der Waals surface area (Å²) in [7, 11) is 1.29. The van der Waals surface area contributed by atoms with Crippen molar-refractivity contribution in [3.63, 3.8) is 0 Å². The second kappa shape index (κ2) is 18.1. The van der Waals surface area contributed by atoms with Crippen LogP contribution in [0.3, 0.4) is 0 Å². The number of benzene rings is 6. The molecule has 0 radical (unpaired) electrons. The van der Waals surface area contributed by atoms with Gasteiger partial charge in [-0.2, -0.15) is 0 Å². The molecule has 0 bridgehead atoms. The predicted octanol–water partition coefficient (Wildman–Crippen LogP) is 8.29. The van der Waals surface area contributed by atoms with E-state index in [-0.39, 0.29) is 16.7 Å². The van der Waals surface area contributed by atoms with Gasteiger partial charge in [-0.3, -0.25) is 0 Å². The Morgan fingerprint density at radius 1 is 0.519 bits per heavy atom. The molecule has 9 heteroatoms. The molecule has 0 aromatic heterocycles. The molecule has 9 nitrogen and oxygen atoms in total. The summed E-state index contributed by atoms with van der Waals surface area (Å²) in [4.78, 5) is 45.0. The molecule has 0 spiro atoms. The summed E-state index contributed by atoms with van der Waals surface area (Å²) in [6, 6.07) is 49.3. The van der Waals surface area contributed by atoms with Crippen molar-refractivity contribution < 1.29 is 38.5 Å². The first-order valence-electron chi connectivity index (χ1n) is 17.2. The Bertz CT molecular complexity index is 2150. The van der Waals surface area contributed by atoms with E-state index < -0.39 is 42.8 Å². The first kappa shape index (κ1) is 36.9. The van der Waals surface area contributed by atoms with Crippen LogP contribution in [-0.2, 0) is 19.0 Å². The van der Waals surface area contributed by atoms with Gasteiger partial charge in [-0.05, 0) is 69.8 Å². The van der Waals surface area contributed by atoms with E-state index in [1.807, 2.05) is 91.0 Å². The van der Waals surface area contributed by atoms with Crippen LogP contribution in [0, 0.1) is 0 Å². The lowest BCUT2D eigenvalue weighted by Crippen LogP contribution is -2.46. The fourth-order valence-electron chi connectivity index (χ4n) is 5.68. The summed E-state index contributed by atoms with van der Waals surface area (Å²) in [5.41, 5.74) is 6.21. The lowest BCUT2D eigenvalue weighted by Gasteiger charge is -2.28. The monoisotopic (exact) mass is 719 g/mol. The number of hydrogen-bond acceptors (Lipinski definition) is 9. The lowest BCUT2D eigenvalue weighted by molar-refractivity contribution is -0.0784. The van der Waals surface area contributed by atoms with Gasteiger partial charge in [0, 0.05) is 0 Å². The highest BCUT2D eigenvalue weighted by atomic mass is 16.6. The number of esters is 3. The highest BCUT2D eigenvalue weighted by molar-refractivity contribution is 5.93. The van der Waals surface area contributed by atoms with Gasteiger partial charge < -0.3 is 24.2 Å². The molecule has 0 heterocycles.